The Hall–Kier alpha value is -1.13. The molecular weight excluding hydrogens is 380 g/mol. The first-order valence-electron chi connectivity index (χ1n) is 6.46. The third-order valence-electron chi connectivity index (χ3n) is 2.86. The maximum atomic E-state index is 12.0. The fourth-order valence-electron chi connectivity index (χ4n) is 1.89. The molecule has 0 amide bonds. The molecule has 0 aliphatic rings. The third-order valence-corrected chi connectivity index (χ3v) is 7.15. The number of sulfonamides is 2. The Morgan fingerprint density at radius 3 is 2.48 bits per heavy atom. The van der Waals surface area contributed by atoms with Crippen molar-refractivity contribution in [2.45, 2.75) is 4.21 Å². The van der Waals surface area contributed by atoms with Gasteiger partial charge in [-0.1, -0.05) is 23.7 Å². The SMILES string of the molecule is CS(=O)(=O)N(CCNS(=O)(=O)c1cccs1)c1cccc(Cl)c1. The molecule has 0 spiro atoms. The molecule has 2 aromatic rings. The summed E-state index contributed by atoms with van der Waals surface area (Å²) in [6.07, 6.45) is 1.06. The maximum absolute atomic E-state index is 12.0. The molecule has 10 heteroatoms. The van der Waals surface area contributed by atoms with Crippen molar-refractivity contribution >= 4 is 48.7 Å². The summed E-state index contributed by atoms with van der Waals surface area (Å²) in [6.45, 7) is -0.0937. The lowest BCUT2D eigenvalue weighted by Gasteiger charge is -2.22. The smallest absolute Gasteiger partial charge is 0.250 e. The molecule has 1 N–H and O–H groups in total. The second-order valence-electron chi connectivity index (χ2n) is 4.64. The lowest BCUT2D eigenvalue weighted by atomic mass is 10.3. The van der Waals surface area contributed by atoms with Crippen LogP contribution in [0.25, 0.3) is 0 Å². The van der Waals surface area contributed by atoms with Gasteiger partial charge in [-0.2, -0.15) is 0 Å². The second-order valence-corrected chi connectivity index (χ2v) is 9.93. The van der Waals surface area contributed by atoms with Gasteiger partial charge < -0.3 is 0 Å². The van der Waals surface area contributed by atoms with Gasteiger partial charge in [-0.25, -0.2) is 21.6 Å². The van der Waals surface area contributed by atoms with E-state index in [1.807, 2.05) is 0 Å². The monoisotopic (exact) mass is 394 g/mol. The van der Waals surface area contributed by atoms with E-state index < -0.39 is 20.0 Å². The number of hydrogen-bond donors (Lipinski definition) is 1. The van der Waals surface area contributed by atoms with Crippen LogP contribution in [0.15, 0.2) is 46.0 Å². The van der Waals surface area contributed by atoms with E-state index in [1.54, 1.807) is 29.6 Å². The van der Waals surface area contributed by atoms with E-state index in [-0.39, 0.29) is 17.3 Å². The standard InChI is InChI=1S/C13H15ClN2O4S3/c1-22(17,18)16(12-5-2-4-11(14)10-12)8-7-15-23(19,20)13-6-3-9-21-13/h2-6,9-10,15H,7-8H2,1H3. The van der Waals surface area contributed by atoms with Crippen LogP contribution >= 0.6 is 22.9 Å². The first-order chi connectivity index (χ1) is 10.7. The summed E-state index contributed by atoms with van der Waals surface area (Å²) in [4.78, 5) is 0. The van der Waals surface area contributed by atoms with Crippen LogP contribution < -0.4 is 9.03 Å². The average Bonchev–Trinajstić information content (AvgIpc) is 2.97. The fourth-order valence-corrected chi connectivity index (χ4v) is 5.05. The molecule has 126 valence electrons. The van der Waals surface area contributed by atoms with E-state index in [9.17, 15) is 16.8 Å². The molecular formula is C13H15ClN2O4S3. The number of nitrogens with zero attached hydrogens (tertiary/aromatic N) is 1. The van der Waals surface area contributed by atoms with E-state index in [1.165, 1.54) is 12.1 Å². The molecule has 23 heavy (non-hydrogen) atoms. The van der Waals surface area contributed by atoms with E-state index in [0.717, 1.165) is 21.9 Å². The van der Waals surface area contributed by atoms with Gasteiger partial charge in [-0.15, -0.1) is 11.3 Å². The Balaban J connectivity index is 2.12. The van der Waals surface area contributed by atoms with Crippen LogP contribution in [0.5, 0.6) is 0 Å². The van der Waals surface area contributed by atoms with Gasteiger partial charge in [0.25, 0.3) is 0 Å². The average molecular weight is 395 g/mol. The van der Waals surface area contributed by atoms with E-state index in [4.69, 9.17) is 11.6 Å². The van der Waals surface area contributed by atoms with Gasteiger partial charge in [0.2, 0.25) is 20.0 Å². The summed E-state index contributed by atoms with van der Waals surface area (Å²) >= 11 is 6.97. The molecule has 0 saturated carbocycles. The molecule has 0 saturated heterocycles. The molecule has 0 unspecified atom stereocenters. The van der Waals surface area contributed by atoms with Crippen molar-refractivity contribution in [3.63, 3.8) is 0 Å². The van der Waals surface area contributed by atoms with Crippen LogP contribution in [0.2, 0.25) is 5.02 Å². The van der Waals surface area contributed by atoms with E-state index >= 15 is 0 Å². The summed E-state index contributed by atoms with van der Waals surface area (Å²) in [6, 6.07) is 9.49. The van der Waals surface area contributed by atoms with E-state index in [2.05, 4.69) is 4.72 Å². The van der Waals surface area contributed by atoms with Crippen molar-refractivity contribution in [2.75, 3.05) is 23.7 Å². The van der Waals surface area contributed by atoms with Crippen LogP contribution in [0.1, 0.15) is 0 Å². The van der Waals surface area contributed by atoms with Crippen molar-refractivity contribution in [1.82, 2.24) is 4.72 Å². The fraction of sp³-hybridized carbons (Fsp3) is 0.231. The molecule has 1 heterocycles. The lowest BCUT2D eigenvalue weighted by Crippen LogP contribution is -2.38. The number of thiophene rings is 1. The van der Waals surface area contributed by atoms with Gasteiger partial charge >= 0.3 is 0 Å². The lowest BCUT2D eigenvalue weighted by molar-refractivity contribution is 0.580. The summed E-state index contributed by atoms with van der Waals surface area (Å²) in [5, 5.41) is 2.05. The minimum Gasteiger partial charge on any atom is -0.269 e. The van der Waals surface area contributed by atoms with Crippen LogP contribution in [0, 0.1) is 0 Å². The number of anilines is 1. The molecule has 1 aromatic carbocycles. The summed E-state index contributed by atoms with van der Waals surface area (Å²) < 4.78 is 51.6. The second kappa shape index (κ2) is 7.18. The van der Waals surface area contributed by atoms with Gasteiger partial charge in [0, 0.05) is 18.1 Å². The minimum absolute atomic E-state index is 0.0379. The Bertz CT molecular complexity index is 864. The molecule has 0 aliphatic carbocycles. The Kier molecular flexibility index (Phi) is 5.69. The van der Waals surface area contributed by atoms with Gasteiger partial charge in [-0.05, 0) is 29.6 Å². The maximum Gasteiger partial charge on any atom is 0.250 e. The summed E-state index contributed by atoms with van der Waals surface area (Å²) in [5.74, 6) is 0. The zero-order valence-electron chi connectivity index (χ0n) is 12.1. The molecule has 0 fully saturated rings. The molecule has 1 aromatic heterocycles. The zero-order valence-corrected chi connectivity index (χ0v) is 15.3. The Morgan fingerprint density at radius 2 is 1.91 bits per heavy atom. The zero-order chi connectivity index (χ0) is 17.1. The summed E-state index contributed by atoms with van der Waals surface area (Å²) in [7, 11) is -7.19. The Labute approximate surface area is 144 Å². The quantitative estimate of drug-likeness (QED) is 0.779. The van der Waals surface area contributed by atoms with Gasteiger partial charge in [0.05, 0.1) is 11.9 Å². The number of nitrogens with one attached hydrogen (secondary N) is 1. The van der Waals surface area contributed by atoms with Gasteiger partial charge in [0.1, 0.15) is 4.21 Å². The highest BCUT2D eigenvalue weighted by Gasteiger charge is 2.20. The highest BCUT2D eigenvalue weighted by atomic mass is 35.5. The number of benzene rings is 1. The minimum atomic E-state index is -3.63. The predicted octanol–water partition coefficient (Wildman–Crippen LogP) is 2.15. The third kappa shape index (κ3) is 4.92. The summed E-state index contributed by atoms with van der Waals surface area (Å²) in [5.41, 5.74) is 0.385. The van der Waals surface area contributed by atoms with Crippen molar-refractivity contribution in [3.8, 4) is 0 Å². The van der Waals surface area contributed by atoms with Gasteiger partial charge in [0.15, 0.2) is 0 Å². The molecule has 2 rings (SSSR count). The van der Waals surface area contributed by atoms with Crippen molar-refractivity contribution in [3.05, 3.63) is 46.8 Å². The highest BCUT2D eigenvalue weighted by molar-refractivity contribution is 7.92. The van der Waals surface area contributed by atoms with Crippen molar-refractivity contribution < 1.29 is 16.8 Å². The Morgan fingerprint density at radius 1 is 1.17 bits per heavy atom. The largest absolute Gasteiger partial charge is 0.269 e. The normalized spacial score (nSPS) is 12.3. The highest BCUT2D eigenvalue weighted by Crippen LogP contribution is 2.21. The molecule has 0 atom stereocenters. The van der Waals surface area contributed by atoms with Crippen molar-refractivity contribution in [2.24, 2.45) is 0 Å². The first kappa shape index (κ1) is 18.2. The van der Waals surface area contributed by atoms with Crippen molar-refractivity contribution in [1.29, 1.82) is 0 Å². The van der Waals surface area contributed by atoms with Crippen LogP contribution in [-0.2, 0) is 20.0 Å². The number of halogens is 1. The number of rotatable bonds is 7. The topological polar surface area (TPSA) is 83.6 Å². The predicted molar refractivity (Wildman–Crippen MR) is 93.1 cm³/mol. The molecule has 0 radical (unpaired) electrons. The first-order valence-corrected chi connectivity index (χ1v) is 11.1. The molecule has 6 nitrogen and oxygen atoms in total. The van der Waals surface area contributed by atoms with Crippen LogP contribution in [0.4, 0.5) is 5.69 Å². The van der Waals surface area contributed by atoms with Gasteiger partial charge in [-0.3, -0.25) is 4.31 Å². The number of hydrogen-bond acceptors (Lipinski definition) is 5. The van der Waals surface area contributed by atoms with Crippen LogP contribution in [-0.4, -0.2) is 36.2 Å². The molecule has 0 aliphatic heterocycles. The van der Waals surface area contributed by atoms with E-state index in [0.29, 0.717) is 10.7 Å². The van der Waals surface area contributed by atoms with Crippen LogP contribution in [0.3, 0.4) is 0 Å². The molecule has 0 bridgehead atoms.